The molecule has 0 fully saturated rings. The molecule has 2 aromatic carbocycles. The lowest BCUT2D eigenvalue weighted by Crippen LogP contribution is -2.25. The first-order valence-corrected chi connectivity index (χ1v) is 9.45. The molecule has 0 unspecified atom stereocenters. The van der Waals surface area contributed by atoms with E-state index < -0.39 is 0 Å². The van der Waals surface area contributed by atoms with Gasteiger partial charge in [0.05, 0.1) is 17.4 Å². The first-order valence-electron chi connectivity index (χ1n) is 8.47. The highest BCUT2D eigenvalue weighted by Gasteiger charge is 2.12. The average Bonchev–Trinajstić information content (AvgIpc) is 2.63. The molecule has 0 aliphatic carbocycles. The highest BCUT2D eigenvalue weighted by molar-refractivity contribution is 7.99. The van der Waals surface area contributed by atoms with E-state index in [-0.39, 0.29) is 11.5 Å². The molecule has 0 saturated carbocycles. The minimum Gasteiger partial charge on any atom is -0.356 e. The van der Waals surface area contributed by atoms with Gasteiger partial charge in [0, 0.05) is 19.2 Å². The zero-order chi connectivity index (χ0) is 18.5. The van der Waals surface area contributed by atoms with Gasteiger partial charge in [-0.3, -0.25) is 14.2 Å². The third kappa shape index (κ3) is 4.32. The summed E-state index contributed by atoms with van der Waals surface area (Å²) in [5.74, 6) is 0.590. The van der Waals surface area contributed by atoms with Crippen LogP contribution in [0.25, 0.3) is 10.9 Å². The summed E-state index contributed by atoms with van der Waals surface area (Å²) in [5.41, 5.74) is 2.89. The van der Waals surface area contributed by atoms with E-state index >= 15 is 0 Å². The van der Waals surface area contributed by atoms with Crippen LogP contribution in [0.15, 0.2) is 58.5 Å². The summed E-state index contributed by atoms with van der Waals surface area (Å²) >= 11 is 1.48. The van der Waals surface area contributed by atoms with Crippen molar-refractivity contribution >= 4 is 28.6 Å². The molecule has 0 aliphatic heterocycles. The molecule has 0 radical (unpaired) electrons. The van der Waals surface area contributed by atoms with Gasteiger partial charge in [-0.1, -0.05) is 53.7 Å². The van der Waals surface area contributed by atoms with E-state index in [1.165, 1.54) is 24.2 Å². The number of rotatable bonds is 6. The molecule has 0 saturated heterocycles. The fourth-order valence-corrected chi connectivity index (χ4v) is 3.50. The van der Waals surface area contributed by atoms with Crippen LogP contribution in [0.2, 0.25) is 0 Å². The molecule has 3 rings (SSSR count). The first-order chi connectivity index (χ1) is 12.5. The van der Waals surface area contributed by atoms with Crippen molar-refractivity contribution in [1.29, 1.82) is 0 Å². The Bertz CT molecular complexity index is 981. The molecule has 6 heteroatoms. The third-order valence-corrected chi connectivity index (χ3v) is 4.97. The standard InChI is InChI=1S/C20H21N3O2S/c1-14-7-9-16(10-8-14)13-23-19(25)17-5-3-4-6-18(17)22-20(23)26-12-11-21-15(2)24/h3-10H,11-13H2,1-2H3,(H,21,24). The number of fused-ring (bicyclic) bond motifs is 1. The van der Waals surface area contributed by atoms with Crippen LogP contribution in [0.5, 0.6) is 0 Å². The van der Waals surface area contributed by atoms with Gasteiger partial charge in [0.1, 0.15) is 0 Å². The number of aryl methyl sites for hydroxylation is 1. The van der Waals surface area contributed by atoms with Crippen LogP contribution in [0, 0.1) is 6.92 Å². The Labute approximate surface area is 156 Å². The topological polar surface area (TPSA) is 64.0 Å². The van der Waals surface area contributed by atoms with Crippen molar-refractivity contribution in [3.63, 3.8) is 0 Å². The smallest absolute Gasteiger partial charge is 0.262 e. The largest absolute Gasteiger partial charge is 0.356 e. The van der Waals surface area contributed by atoms with Crippen molar-refractivity contribution in [2.45, 2.75) is 25.5 Å². The molecule has 0 spiro atoms. The Kier molecular flexibility index (Phi) is 5.73. The molecule has 1 aromatic heterocycles. The molecule has 5 nitrogen and oxygen atoms in total. The first kappa shape index (κ1) is 18.2. The highest BCUT2D eigenvalue weighted by atomic mass is 32.2. The maximum absolute atomic E-state index is 13.0. The van der Waals surface area contributed by atoms with Crippen molar-refractivity contribution in [2.24, 2.45) is 0 Å². The van der Waals surface area contributed by atoms with Crippen molar-refractivity contribution in [3.8, 4) is 0 Å². The van der Waals surface area contributed by atoms with Gasteiger partial charge in [0.15, 0.2) is 5.16 Å². The Hall–Kier alpha value is -2.60. The number of benzene rings is 2. The van der Waals surface area contributed by atoms with Gasteiger partial charge in [-0.15, -0.1) is 0 Å². The number of aromatic nitrogens is 2. The monoisotopic (exact) mass is 367 g/mol. The number of carbonyl (C=O) groups excluding carboxylic acids is 1. The van der Waals surface area contributed by atoms with Crippen molar-refractivity contribution in [2.75, 3.05) is 12.3 Å². The zero-order valence-corrected chi connectivity index (χ0v) is 15.7. The van der Waals surface area contributed by atoms with Gasteiger partial charge in [0.2, 0.25) is 5.91 Å². The predicted octanol–water partition coefficient (Wildman–Crippen LogP) is 2.98. The maximum atomic E-state index is 13.0. The summed E-state index contributed by atoms with van der Waals surface area (Å²) in [6.45, 7) is 4.54. The van der Waals surface area contributed by atoms with Gasteiger partial charge < -0.3 is 5.32 Å². The Balaban J connectivity index is 1.95. The van der Waals surface area contributed by atoms with Gasteiger partial charge in [-0.25, -0.2) is 4.98 Å². The van der Waals surface area contributed by atoms with E-state index in [4.69, 9.17) is 0 Å². The third-order valence-electron chi connectivity index (χ3n) is 4.00. The summed E-state index contributed by atoms with van der Waals surface area (Å²) in [6, 6.07) is 15.5. The summed E-state index contributed by atoms with van der Waals surface area (Å²) in [6.07, 6.45) is 0. The van der Waals surface area contributed by atoms with E-state index in [2.05, 4.69) is 10.3 Å². The molecular weight excluding hydrogens is 346 g/mol. The SMILES string of the molecule is CC(=O)NCCSc1nc2ccccc2c(=O)n1Cc1ccc(C)cc1. The molecule has 1 heterocycles. The molecule has 26 heavy (non-hydrogen) atoms. The van der Waals surface area contributed by atoms with Crippen molar-refractivity contribution in [1.82, 2.24) is 14.9 Å². The Morgan fingerprint density at radius 3 is 2.62 bits per heavy atom. The van der Waals surface area contributed by atoms with E-state index in [0.29, 0.717) is 34.9 Å². The van der Waals surface area contributed by atoms with Gasteiger partial charge in [-0.05, 0) is 24.6 Å². The Morgan fingerprint density at radius 2 is 1.88 bits per heavy atom. The number of amides is 1. The summed E-state index contributed by atoms with van der Waals surface area (Å²) < 4.78 is 1.71. The van der Waals surface area contributed by atoms with Gasteiger partial charge in [0.25, 0.3) is 5.56 Å². The molecule has 134 valence electrons. The molecule has 0 atom stereocenters. The van der Waals surface area contributed by atoms with Crippen molar-refractivity contribution in [3.05, 3.63) is 70.0 Å². The second-order valence-corrected chi connectivity index (χ2v) is 7.18. The lowest BCUT2D eigenvalue weighted by molar-refractivity contribution is -0.118. The maximum Gasteiger partial charge on any atom is 0.262 e. The number of nitrogens with zero attached hydrogens (tertiary/aromatic N) is 2. The molecule has 0 aliphatic rings. The molecule has 1 amide bonds. The van der Waals surface area contributed by atoms with Gasteiger partial charge >= 0.3 is 0 Å². The molecular formula is C20H21N3O2S. The fraction of sp³-hybridized carbons (Fsp3) is 0.250. The number of thioether (sulfide) groups is 1. The van der Waals surface area contributed by atoms with Crippen LogP contribution >= 0.6 is 11.8 Å². The lowest BCUT2D eigenvalue weighted by atomic mass is 10.1. The van der Waals surface area contributed by atoms with Crippen LogP contribution in [0.1, 0.15) is 18.1 Å². The average molecular weight is 367 g/mol. The fourth-order valence-electron chi connectivity index (χ4n) is 2.64. The quantitative estimate of drug-likeness (QED) is 0.413. The molecule has 3 aromatic rings. The zero-order valence-electron chi connectivity index (χ0n) is 14.9. The number of carbonyl (C=O) groups is 1. The summed E-state index contributed by atoms with van der Waals surface area (Å²) in [5, 5.41) is 4.05. The van der Waals surface area contributed by atoms with Crippen LogP contribution in [0.4, 0.5) is 0 Å². The number of hydrogen-bond donors (Lipinski definition) is 1. The lowest BCUT2D eigenvalue weighted by Gasteiger charge is -2.13. The highest BCUT2D eigenvalue weighted by Crippen LogP contribution is 2.18. The Morgan fingerprint density at radius 1 is 1.15 bits per heavy atom. The van der Waals surface area contributed by atoms with Crippen LogP contribution in [-0.2, 0) is 11.3 Å². The molecule has 1 N–H and O–H groups in total. The normalized spacial score (nSPS) is 10.8. The van der Waals surface area contributed by atoms with E-state index in [9.17, 15) is 9.59 Å². The van der Waals surface area contributed by atoms with Crippen LogP contribution < -0.4 is 10.9 Å². The van der Waals surface area contributed by atoms with E-state index in [0.717, 1.165) is 5.56 Å². The predicted molar refractivity (Wildman–Crippen MR) is 106 cm³/mol. The van der Waals surface area contributed by atoms with Gasteiger partial charge in [-0.2, -0.15) is 0 Å². The van der Waals surface area contributed by atoms with Crippen LogP contribution in [-0.4, -0.2) is 27.8 Å². The van der Waals surface area contributed by atoms with Crippen LogP contribution in [0.3, 0.4) is 0 Å². The molecule has 0 bridgehead atoms. The number of hydrogen-bond acceptors (Lipinski definition) is 4. The number of nitrogens with one attached hydrogen (secondary N) is 1. The second-order valence-electron chi connectivity index (χ2n) is 6.12. The van der Waals surface area contributed by atoms with E-state index in [1.54, 1.807) is 4.57 Å². The summed E-state index contributed by atoms with van der Waals surface area (Å²) in [7, 11) is 0. The minimum atomic E-state index is -0.0610. The number of para-hydroxylation sites is 1. The van der Waals surface area contributed by atoms with E-state index in [1.807, 2.05) is 55.5 Å². The minimum absolute atomic E-state index is 0.0433. The summed E-state index contributed by atoms with van der Waals surface area (Å²) in [4.78, 5) is 28.7. The second kappa shape index (κ2) is 8.19. The van der Waals surface area contributed by atoms with Crippen molar-refractivity contribution < 1.29 is 4.79 Å².